The van der Waals surface area contributed by atoms with Gasteiger partial charge in [0.15, 0.2) is 0 Å². The van der Waals surface area contributed by atoms with Gasteiger partial charge in [0.1, 0.15) is 0 Å². The zero-order valence-corrected chi connectivity index (χ0v) is 12.9. The lowest BCUT2D eigenvalue weighted by Crippen LogP contribution is -2.04. The van der Waals surface area contributed by atoms with Crippen molar-refractivity contribution in [1.29, 1.82) is 0 Å². The first-order valence-corrected chi connectivity index (χ1v) is 7.44. The van der Waals surface area contributed by atoms with E-state index in [-0.39, 0.29) is 6.04 Å². The molecule has 1 nitrogen and oxygen atoms in total. The third kappa shape index (κ3) is 3.62. The molecule has 0 aliphatic carbocycles. The summed E-state index contributed by atoms with van der Waals surface area (Å²) >= 11 is 17.1. The first kappa shape index (κ1) is 13.2. The van der Waals surface area contributed by atoms with E-state index in [1.54, 1.807) is 17.4 Å². The number of halogens is 3. The third-order valence-electron chi connectivity index (χ3n) is 2.26. The molecule has 17 heavy (non-hydrogen) atoms. The number of hydrogen-bond donors (Lipinski definition) is 1. The van der Waals surface area contributed by atoms with E-state index in [4.69, 9.17) is 23.2 Å². The van der Waals surface area contributed by atoms with Crippen LogP contribution in [0.1, 0.15) is 17.8 Å². The van der Waals surface area contributed by atoms with Crippen molar-refractivity contribution in [2.75, 3.05) is 5.32 Å². The Kier molecular flexibility index (Phi) is 4.36. The van der Waals surface area contributed by atoms with E-state index in [1.807, 2.05) is 12.1 Å². The average molecular weight is 351 g/mol. The molecule has 0 saturated carbocycles. The van der Waals surface area contributed by atoms with Crippen molar-refractivity contribution in [2.45, 2.75) is 13.0 Å². The lowest BCUT2D eigenvalue weighted by Gasteiger charge is -2.14. The SMILES string of the molecule is CC(Nc1cc(Cl)cc(Cl)c1)c1cc(Br)cs1. The Balaban J connectivity index is 2.15. The lowest BCUT2D eigenvalue weighted by molar-refractivity contribution is 0.908. The average Bonchev–Trinajstić information content (AvgIpc) is 2.63. The smallest absolute Gasteiger partial charge is 0.0578 e. The quantitative estimate of drug-likeness (QED) is 0.716. The molecule has 1 atom stereocenters. The monoisotopic (exact) mass is 349 g/mol. The van der Waals surface area contributed by atoms with E-state index in [0.29, 0.717) is 10.0 Å². The summed E-state index contributed by atoms with van der Waals surface area (Å²) in [5.41, 5.74) is 0.930. The molecule has 1 aromatic carbocycles. The molecule has 0 fully saturated rings. The molecule has 1 heterocycles. The Morgan fingerprint density at radius 3 is 2.35 bits per heavy atom. The summed E-state index contributed by atoms with van der Waals surface area (Å²) in [7, 11) is 0. The Hall–Kier alpha value is -0.220. The second-order valence-corrected chi connectivity index (χ2v) is 6.42. The molecule has 5 heteroatoms. The van der Waals surface area contributed by atoms with Crippen molar-refractivity contribution in [1.82, 2.24) is 0 Å². The molecule has 0 amide bonds. The molecule has 0 saturated heterocycles. The van der Waals surface area contributed by atoms with Crippen LogP contribution in [0.3, 0.4) is 0 Å². The standard InChI is InChI=1S/C12H10BrCl2NS/c1-7(12-2-8(13)6-17-12)16-11-4-9(14)3-10(15)5-11/h2-7,16H,1H3. The molecule has 0 spiro atoms. The van der Waals surface area contributed by atoms with Crippen LogP contribution >= 0.6 is 50.5 Å². The topological polar surface area (TPSA) is 12.0 Å². The van der Waals surface area contributed by atoms with Gasteiger partial charge in [0.25, 0.3) is 0 Å². The molecule has 0 aliphatic heterocycles. The summed E-state index contributed by atoms with van der Waals surface area (Å²) < 4.78 is 1.11. The minimum absolute atomic E-state index is 0.223. The van der Waals surface area contributed by atoms with Crippen molar-refractivity contribution in [3.05, 3.63) is 49.0 Å². The van der Waals surface area contributed by atoms with Gasteiger partial charge in [-0.3, -0.25) is 0 Å². The molecule has 1 unspecified atom stereocenters. The van der Waals surface area contributed by atoms with Crippen molar-refractivity contribution >= 4 is 56.2 Å². The van der Waals surface area contributed by atoms with Gasteiger partial charge >= 0.3 is 0 Å². The fraction of sp³-hybridized carbons (Fsp3) is 0.167. The summed E-state index contributed by atoms with van der Waals surface area (Å²) in [6, 6.07) is 7.79. The first-order chi connectivity index (χ1) is 8.04. The summed E-state index contributed by atoms with van der Waals surface area (Å²) in [6.07, 6.45) is 0. The van der Waals surface area contributed by atoms with E-state index in [1.165, 1.54) is 4.88 Å². The molecular weight excluding hydrogens is 341 g/mol. The van der Waals surface area contributed by atoms with Gasteiger partial charge in [0.05, 0.1) is 6.04 Å². The van der Waals surface area contributed by atoms with Gasteiger partial charge in [-0.05, 0) is 47.1 Å². The Morgan fingerprint density at radius 2 is 1.82 bits per heavy atom. The van der Waals surface area contributed by atoms with Crippen LogP contribution in [0.4, 0.5) is 5.69 Å². The van der Waals surface area contributed by atoms with Crippen LogP contribution in [0.2, 0.25) is 10.0 Å². The molecule has 0 aliphatic rings. The largest absolute Gasteiger partial charge is 0.378 e. The Bertz CT molecular complexity index is 507. The van der Waals surface area contributed by atoms with Gasteiger partial charge in [-0.2, -0.15) is 0 Å². The number of nitrogens with one attached hydrogen (secondary N) is 1. The minimum Gasteiger partial charge on any atom is -0.378 e. The maximum absolute atomic E-state index is 5.95. The molecule has 0 bridgehead atoms. The highest BCUT2D eigenvalue weighted by atomic mass is 79.9. The van der Waals surface area contributed by atoms with E-state index in [9.17, 15) is 0 Å². The Labute approximate surface area is 123 Å². The summed E-state index contributed by atoms with van der Waals surface area (Å²) in [5, 5.41) is 6.72. The van der Waals surface area contributed by atoms with Crippen molar-refractivity contribution in [2.24, 2.45) is 0 Å². The van der Waals surface area contributed by atoms with E-state index < -0.39 is 0 Å². The van der Waals surface area contributed by atoms with E-state index in [0.717, 1.165) is 10.2 Å². The highest BCUT2D eigenvalue weighted by Gasteiger charge is 2.08. The van der Waals surface area contributed by atoms with Gasteiger partial charge in [-0.15, -0.1) is 11.3 Å². The third-order valence-corrected chi connectivity index (χ3v) is 4.57. The number of rotatable bonds is 3. The van der Waals surface area contributed by atoms with Crippen LogP contribution < -0.4 is 5.32 Å². The van der Waals surface area contributed by atoms with Crippen LogP contribution in [-0.2, 0) is 0 Å². The van der Waals surface area contributed by atoms with Gasteiger partial charge in [0.2, 0.25) is 0 Å². The molecule has 1 N–H and O–H groups in total. The molecule has 90 valence electrons. The van der Waals surface area contributed by atoms with E-state index in [2.05, 4.69) is 39.6 Å². The van der Waals surface area contributed by atoms with Crippen LogP contribution in [0.5, 0.6) is 0 Å². The minimum atomic E-state index is 0.223. The fourth-order valence-corrected chi connectivity index (χ4v) is 3.49. The second-order valence-electron chi connectivity index (χ2n) is 3.69. The molecule has 2 rings (SSSR count). The normalized spacial score (nSPS) is 12.5. The van der Waals surface area contributed by atoms with Crippen molar-refractivity contribution in [3.8, 4) is 0 Å². The highest BCUT2D eigenvalue weighted by Crippen LogP contribution is 2.30. The molecule has 2 aromatic rings. The van der Waals surface area contributed by atoms with Crippen molar-refractivity contribution in [3.63, 3.8) is 0 Å². The number of anilines is 1. The zero-order valence-electron chi connectivity index (χ0n) is 9.01. The van der Waals surface area contributed by atoms with Crippen molar-refractivity contribution < 1.29 is 0 Å². The summed E-state index contributed by atoms with van der Waals surface area (Å²) in [4.78, 5) is 1.26. The second kappa shape index (κ2) is 5.61. The Morgan fingerprint density at radius 1 is 1.18 bits per heavy atom. The first-order valence-electron chi connectivity index (χ1n) is 5.01. The lowest BCUT2D eigenvalue weighted by atomic mass is 10.2. The number of hydrogen-bond acceptors (Lipinski definition) is 2. The van der Waals surface area contributed by atoms with E-state index >= 15 is 0 Å². The number of thiophene rings is 1. The van der Waals surface area contributed by atoms with Crippen LogP contribution in [0.25, 0.3) is 0 Å². The summed E-state index contributed by atoms with van der Waals surface area (Å²) in [5.74, 6) is 0. The fourth-order valence-electron chi connectivity index (χ4n) is 1.51. The number of benzene rings is 1. The predicted molar refractivity (Wildman–Crippen MR) is 80.5 cm³/mol. The maximum atomic E-state index is 5.95. The summed E-state index contributed by atoms with van der Waals surface area (Å²) in [6.45, 7) is 2.10. The maximum Gasteiger partial charge on any atom is 0.0578 e. The van der Waals surface area contributed by atoms with Gasteiger partial charge in [-0.25, -0.2) is 0 Å². The van der Waals surface area contributed by atoms with Crippen LogP contribution in [0.15, 0.2) is 34.1 Å². The van der Waals surface area contributed by atoms with Gasteiger partial charge in [0, 0.05) is 30.5 Å². The predicted octanol–water partition coefficient (Wildman–Crippen LogP) is 5.99. The molecule has 0 radical (unpaired) electrons. The molecule has 1 aromatic heterocycles. The van der Waals surface area contributed by atoms with Crippen LogP contribution in [-0.4, -0.2) is 0 Å². The molecular formula is C12H10BrCl2NS. The highest BCUT2D eigenvalue weighted by molar-refractivity contribution is 9.10. The van der Waals surface area contributed by atoms with Gasteiger partial charge in [-0.1, -0.05) is 23.2 Å². The van der Waals surface area contributed by atoms with Gasteiger partial charge < -0.3 is 5.32 Å². The van der Waals surface area contributed by atoms with Crippen LogP contribution in [0, 0.1) is 0 Å². The zero-order chi connectivity index (χ0) is 12.4.